The Kier molecular flexibility index (Phi) is 4.45. The van der Waals surface area contributed by atoms with E-state index in [-0.39, 0.29) is 12.5 Å². The summed E-state index contributed by atoms with van der Waals surface area (Å²) in [6.45, 7) is 4.23. The largest absolute Gasteiger partial charge is 0.493 e. The molecular weight excluding hydrogens is 260 g/mol. The van der Waals surface area contributed by atoms with Crippen LogP contribution >= 0.6 is 0 Å². The molecule has 0 atom stereocenters. The predicted octanol–water partition coefficient (Wildman–Crippen LogP) is 2.79. The third-order valence-electron chi connectivity index (χ3n) is 2.70. The molecule has 0 unspecified atom stereocenters. The monoisotopic (exact) mass is 278 g/mol. The van der Waals surface area contributed by atoms with E-state index in [1.165, 1.54) is 0 Å². The molecule has 0 fully saturated rings. The van der Waals surface area contributed by atoms with Gasteiger partial charge in [-0.2, -0.15) is 4.98 Å². The Labute approximate surface area is 117 Å². The van der Waals surface area contributed by atoms with Crippen molar-refractivity contribution in [2.75, 3.05) is 14.2 Å². The maximum Gasteiger partial charge on any atom is 0.229 e. The third kappa shape index (κ3) is 3.20. The molecule has 2 rings (SSSR count). The lowest BCUT2D eigenvalue weighted by molar-refractivity contribution is 0.281. The van der Waals surface area contributed by atoms with Crippen LogP contribution in [0.2, 0.25) is 0 Å². The zero-order valence-corrected chi connectivity index (χ0v) is 12.0. The van der Waals surface area contributed by atoms with Gasteiger partial charge in [0.15, 0.2) is 18.1 Å². The Bertz CT molecular complexity index is 566. The highest BCUT2D eigenvalue weighted by molar-refractivity contribution is 5.45. The number of nitrogens with zero attached hydrogens (tertiary/aromatic N) is 2. The van der Waals surface area contributed by atoms with Crippen molar-refractivity contribution in [2.45, 2.75) is 26.4 Å². The fourth-order valence-electron chi connectivity index (χ4n) is 1.61. The highest BCUT2D eigenvalue weighted by Crippen LogP contribution is 2.31. The summed E-state index contributed by atoms with van der Waals surface area (Å²) in [4.78, 5) is 4.24. The first-order valence-corrected chi connectivity index (χ1v) is 6.31. The quantitative estimate of drug-likeness (QED) is 0.809. The molecule has 0 saturated heterocycles. The molecule has 0 spiro atoms. The fraction of sp³-hybridized carbons (Fsp3) is 0.429. The van der Waals surface area contributed by atoms with E-state index in [9.17, 15) is 0 Å². The van der Waals surface area contributed by atoms with Gasteiger partial charge in [0.1, 0.15) is 5.75 Å². The molecule has 1 heterocycles. The number of rotatable bonds is 6. The van der Waals surface area contributed by atoms with Crippen LogP contribution in [0.25, 0.3) is 0 Å². The molecule has 0 N–H and O–H groups in total. The summed E-state index contributed by atoms with van der Waals surface area (Å²) < 4.78 is 21.1. The second-order valence-electron chi connectivity index (χ2n) is 4.51. The van der Waals surface area contributed by atoms with Crippen LogP contribution in [-0.2, 0) is 6.61 Å². The number of methoxy groups -OCH3 is 2. The van der Waals surface area contributed by atoms with E-state index >= 15 is 0 Å². The van der Waals surface area contributed by atoms with Gasteiger partial charge in [0.05, 0.1) is 14.2 Å². The molecule has 0 aliphatic heterocycles. The topological polar surface area (TPSA) is 66.6 Å². The first kappa shape index (κ1) is 14.2. The Morgan fingerprint density at radius 2 is 1.90 bits per heavy atom. The average molecular weight is 278 g/mol. The van der Waals surface area contributed by atoms with Gasteiger partial charge < -0.3 is 18.7 Å². The number of hydrogen-bond donors (Lipinski definition) is 0. The lowest BCUT2D eigenvalue weighted by Gasteiger charge is -2.09. The lowest BCUT2D eigenvalue weighted by Crippen LogP contribution is -1.99. The number of hydrogen-bond acceptors (Lipinski definition) is 6. The Morgan fingerprint density at radius 3 is 2.50 bits per heavy atom. The highest BCUT2D eigenvalue weighted by atomic mass is 16.5. The van der Waals surface area contributed by atoms with Gasteiger partial charge in [-0.15, -0.1) is 0 Å². The van der Waals surface area contributed by atoms with Crippen LogP contribution in [0.5, 0.6) is 17.2 Å². The van der Waals surface area contributed by atoms with Gasteiger partial charge in [0, 0.05) is 12.0 Å². The van der Waals surface area contributed by atoms with Gasteiger partial charge in [0.2, 0.25) is 11.7 Å². The molecular formula is C14H18N2O4. The van der Waals surface area contributed by atoms with Crippen LogP contribution in [0.15, 0.2) is 22.7 Å². The smallest absolute Gasteiger partial charge is 0.229 e. The number of ether oxygens (including phenoxy) is 3. The van der Waals surface area contributed by atoms with E-state index < -0.39 is 0 Å². The van der Waals surface area contributed by atoms with E-state index in [1.54, 1.807) is 32.4 Å². The molecule has 0 saturated carbocycles. The number of aromatic nitrogens is 2. The number of benzene rings is 1. The van der Waals surface area contributed by atoms with Crippen molar-refractivity contribution in [3.63, 3.8) is 0 Å². The van der Waals surface area contributed by atoms with E-state index in [2.05, 4.69) is 10.1 Å². The zero-order chi connectivity index (χ0) is 14.5. The predicted molar refractivity (Wildman–Crippen MR) is 72.3 cm³/mol. The van der Waals surface area contributed by atoms with Crippen molar-refractivity contribution in [2.24, 2.45) is 0 Å². The minimum atomic E-state index is 0.206. The molecule has 108 valence electrons. The average Bonchev–Trinajstić information content (AvgIpc) is 2.94. The molecule has 6 heteroatoms. The molecule has 0 bridgehead atoms. The standard InChI is InChI=1S/C14H18N2O4/c1-9(2)14-15-13(16-20-14)8-19-10-5-6-11(17-3)12(7-10)18-4/h5-7,9H,8H2,1-4H3. The first-order valence-electron chi connectivity index (χ1n) is 6.31. The molecule has 0 amide bonds. The third-order valence-corrected chi connectivity index (χ3v) is 2.70. The molecule has 0 aliphatic rings. The first-order chi connectivity index (χ1) is 9.63. The summed E-state index contributed by atoms with van der Waals surface area (Å²) in [6, 6.07) is 5.33. The molecule has 20 heavy (non-hydrogen) atoms. The van der Waals surface area contributed by atoms with E-state index in [0.29, 0.717) is 29.0 Å². The van der Waals surface area contributed by atoms with Gasteiger partial charge in [-0.3, -0.25) is 0 Å². The summed E-state index contributed by atoms with van der Waals surface area (Å²) in [6.07, 6.45) is 0. The minimum absolute atomic E-state index is 0.206. The second kappa shape index (κ2) is 6.27. The van der Waals surface area contributed by atoms with Crippen LogP contribution in [0.3, 0.4) is 0 Å². The van der Waals surface area contributed by atoms with Gasteiger partial charge >= 0.3 is 0 Å². The normalized spacial score (nSPS) is 10.7. The SMILES string of the molecule is COc1ccc(OCc2noc(C(C)C)n2)cc1OC. The molecule has 6 nitrogen and oxygen atoms in total. The summed E-state index contributed by atoms with van der Waals surface area (Å²) in [5, 5.41) is 3.86. The maximum absolute atomic E-state index is 5.61. The maximum atomic E-state index is 5.61. The van der Waals surface area contributed by atoms with Crippen LogP contribution in [0.4, 0.5) is 0 Å². The van der Waals surface area contributed by atoms with Crippen LogP contribution in [-0.4, -0.2) is 24.4 Å². The van der Waals surface area contributed by atoms with Crippen molar-refractivity contribution in [1.82, 2.24) is 10.1 Å². The molecule has 2 aromatic rings. The zero-order valence-electron chi connectivity index (χ0n) is 12.0. The van der Waals surface area contributed by atoms with Crippen molar-refractivity contribution in [3.8, 4) is 17.2 Å². The van der Waals surface area contributed by atoms with Crippen LogP contribution in [0, 0.1) is 0 Å². The van der Waals surface area contributed by atoms with E-state index in [1.807, 2.05) is 13.8 Å². The Balaban J connectivity index is 2.03. The summed E-state index contributed by atoms with van der Waals surface area (Å²) >= 11 is 0. The van der Waals surface area contributed by atoms with E-state index in [0.717, 1.165) is 0 Å². The summed E-state index contributed by atoms with van der Waals surface area (Å²) in [5.41, 5.74) is 0. The molecule has 1 aromatic heterocycles. The highest BCUT2D eigenvalue weighted by Gasteiger charge is 2.11. The van der Waals surface area contributed by atoms with E-state index in [4.69, 9.17) is 18.7 Å². The fourth-order valence-corrected chi connectivity index (χ4v) is 1.61. The van der Waals surface area contributed by atoms with Gasteiger partial charge in [-0.25, -0.2) is 0 Å². The Morgan fingerprint density at radius 1 is 1.15 bits per heavy atom. The molecule has 1 aromatic carbocycles. The summed E-state index contributed by atoms with van der Waals surface area (Å²) in [7, 11) is 3.17. The van der Waals surface area contributed by atoms with Crippen molar-refractivity contribution < 1.29 is 18.7 Å². The lowest BCUT2D eigenvalue weighted by atomic mass is 10.2. The molecule has 0 radical (unpaired) electrons. The minimum Gasteiger partial charge on any atom is -0.493 e. The van der Waals surface area contributed by atoms with Crippen LogP contribution in [0.1, 0.15) is 31.5 Å². The van der Waals surface area contributed by atoms with Crippen LogP contribution < -0.4 is 14.2 Å². The molecule has 0 aliphatic carbocycles. The summed E-state index contributed by atoms with van der Waals surface area (Å²) in [5.74, 6) is 3.25. The van der Waals surface area contributed by atoms with Gasteiger partial charge in [-0.1, -0.05) is 19.0 Å². The van der Waals surface area contributed by atoms with Crippen molar-refractivity contribution in [3.05, 3.63) is 29.9 Å². The second-order valence-corrected chi connectivity index (χ2v) is 4.51. The Hall–Kier alpha value is -2.24. The van der Waals surface area contributed by atoms with Crippen molar-refractivity contribution >= 4 is 0 Å². The van der Waals surface area contributed by atoms with Gasteiger partial charge in [0.25, 0.3) is 0 Å². The van der Waals surface area contributed by atoms with Crippen molar-refractivity contribution in [1.29, 1.82) is 0 Å². The van der Waals surface area contributed by atoms with Gasteiger partial charge in [-0.05, 0) is 12.1 Å².